The number of benzene rings is 1. The quantitative estimate of drug-likeness (QED) is 0.694. The maximum Gasteiger partial charge on any atom is 0.222 e. The van der Waals surface area contributed by atoms with Crippen molar-refractivity contribution in [2.75, 3.05) is 11.5 Å². The lowest BCUT2D eigenvalue weighted by atomic mass is 10.1. The summed E-state index contributed by atoms with van der Waals surface area (Å²) in [6.45, 7) is 0. The molecule has 0 saturated heterocycles. The third kappa shape index (κ3) is 2.03. The minimum atomic E-state index is -0.308. The number of nitrogen functional groups attached to an aromatic ring is 2. The number of fused-ring (bicyclic) bond motifs is 1. The molecule has 0 amide bonds. The van der Waals surface area contributed by atoms with Gasteiger partial charge in [0, 0.05) is 10.9 Å². The topological polar surface area (TPSA) is 90.7 Å². The van der Waals surface area contributed by atoms with E-state index in [1.54, 1.807) is 24.3 Å². The van der Waals surface area contributed by atoms with Crippen molar-refractivity contribution in [3.63, 3.8) is 0 Å². The van der Waals surface area contributed by atoms with Crippen molar-refractivity contribution >= 4 is 22.8 Å². The van der Waals surface area contributed by atoms with Crippen molar-refractivity contribution in [3.05, 3.63) is 42.2 Å². The molecule has 4 N–H and O–H groups in total. The van der Waals surface area contributed by atoms with Gasteiger partial charge in [0.25, 0.3) is 0 Å². The zero-order valence-electron chi connectivity index (χ0n) is 9.84. The first kappa shape index (κ1) is 11.3. The first-order chi connectivity index (χ1) is 9.13. The van der Waals surface area contributed by atoms with Crippen molar-refractivity contribution in [1.29, 1.82) is 0 Å². The largest absolute Gasteiger partial charge is 0.384 e. The van der Waals surface area contributed by atoms with Gasteiger partial charge in [0.1, 0.15) is 11.6 Å². The van der Waals surface area contributed by atoms with Crippen LogP contribution in [0.1, 0.15) is 0 Å². The predicted octanol–water partition coefficient (Wildman–Crippen LogP) is 2.00. The van der Waals surface area contributed by atoms with Gasteiger partial charge in [-0.2, -0.15) is 4.98 Å². The molecule has 0 spiro atoms. The first-order valence-electron chi connectivity index (χ1n) is 5.59. The molecule has 5 nitrogen and oxygen atoms in total. The fourth-order valence-corrected chi connectivity index (χ4v) is 1.87. The summed E-state index contributed by atoms with van der Waals surface area (Å²) >= 11 is 0. The van der Waals surface area contributed by atoms with Crippen LogP contribution in [0.25, 0.3) is 22.3 Å². The Morgan fingerprint density at radius 2 is 1.58 bits per heavy atom. The summed E-state index contributed by atoms with van der Waals surface area (Å²) in [6, 6.07) is 9.43. The van der Waals surface area contributed by atoms with E-state index in [2.05, 4.69) is 15.0 Å². The number of halogens is 1. The monoisotopic (exact) mass is 255 g/mol. The molecule has 94 valence electrons. The van der Waals surface area contributed by atoms with Crippen LogP contribution in [-0.2, 0) is 0 Å². The minimum absolute atomic E-state index is 0.102. The van der Waals surface area contributed by atoms with E-state index in [4.69, 9.17) is 11.5 Å². The number of nitrogens with zero attached hydrogens (tertiary/aromatic N) is 3. The average Bonchev–Trinajstić information content (AvgIpc) is 2.38. The van der Waals surface area contributed by atoms with Crippen LogP contribution < -0.4 is 11.5 Å². The van der Waals surface area contributed by atoms with Gasteiger partial charge in [-0.05, 0) is 36.4 Å². The predicted molar refractivity (Wildman–Crippen MR) is 71.6 cm³/mol. The Kier molecular flexibility index (Phi) is 2.49. The molecular formula is C13H10FN5. The molecule has 6 heteroatoms. The van der Waals surface area contributed by atoms with Crippen LogP contribution in [0.3, 0.4) is 0 Å². The van der Waals surface area contributed by atoms with E-state index in [0.29, 0.717) is 17.2 Å². The van der Waals surface area contributed by atoms with Gasteiger partial charge in [-0.3, -0.25) is 0 Å². The second-order valence-electron chi connectivity index (χ2n) is 4.04. The van der Waals surface area contributed by atoms with E-state index in [9.17, 15) is 4.39 Å². The lowest BCUT2D eigenvalue weighted by Crippen LogP contribution is -2.00. The molecule has 0 saturated carbocycles. The molecule has 0 atom stereocenters. The van der Waals surface area contributed by atoms with Crippen LogP contribution in [0, 0.1) is 5.82 Å². The number of rotatable bonds is 1. The third-order valence-corrected chi connectivity index (χ3v) is 2.72. The van der Waals surface area contributed by atoms with Gasteiger partial charge in [0.05, 0.1) is 5.69 Å². The van der Waals surface area contributed by atoms with Gasteiger partial charge >= 0.3 is 0 Å². The van der Waals surface area contributed by atoms with Crippen molar-refractivity contribution in [3.8, 4) is 11.3 Å². The van der Waals surface area contributed by atoms with E-state index >= 15 is 0 Å². The zero-order valence-corrected chi connectivity index (χ0v) is 9.84. The molecule has 0 bridgehead atoms. The van der Waals surface area contributed by atoms with Gasteiger partial charge in [-0.15, -0.1) is 0 Å². The smallest absolute Gasteiger partial charge is 0.222 e. The van der Waals surface area contributed by atoms with Crippen LogP contribution in [0.4, 0.5) is 16.2 Å². The number of pyridine rings is 1. The van der Waals surface area contributed by atoms with E-state index in [1.165, 1.54) is 12.1 Å². The Labute approximate surface area is 108 Å². The van der Waals surface area contributed by atoms with Crippen molar-refractivity contribution in [2.24, 2.45) is 0 Å². The SMILES string of the molecule is Nc1ccc2c(-c3ccc(F)cc3)nc(N)nc2n1. The molecule has 0 unspecified atom stereocenters. The summed E-state index contributed by atoms with van der Waals surface area (Å²) in [7, 11) is 0. The second kappa shape index (κ2) is 4.16. The zero-order chi connectivity index (χ0) is 13.4. The van der Waals surface area contributed by atoms with Gasteiger partial charge in [0.15, 0.2) is 5.65 Å². The highest BCUT2D eigenvalue weighted by molar-refractivity contribution is 5.91. The summed E-state index contributed by atoms with van der Waals surface area (Å²) in [5, 5.41) is 0.718. The highest BCUT2D eigenvalue weighted by Crippen LogP contribution is 2.26. The second-order valence-corrected chi connectivity index (χ2v) is 4.04. The number of hydrogen-bond donors (Lipinski definition) is 2. The fraction of sp³-hybridized carbons (Fsp3) is 0. The van der Waals surface area contributed by atoms with Gasteiger partial charge in [-0.25, -0.2) is 14.4 Å². The van der Waals surface area contributed by atoms with Crippen molar-refractivity contribution < 1.29 is 4.39 Å². The van der Waals surface area contributed by atoms with Crippen LogP contribution >= 0.6 is 0 Å². The maximum absolute atomic E-state index is 13.0. The van der Waals surface area contributed by atoms with E-state index < -0.39 is 0 Å². The summed E-state index contributed by atoms with van der Waals surface area (Å²) in [4.78, 5) is 12.3. The highest BCUT2D eigenvalue weighted by atomic mass is 19.1. The molecular weight excluding hydrogens is 245 g/mol. The highest BCUT2D eigenvalue weighted by Gasteiger charge is 2.10. The average molecular weight is 255 g/mol. The Hall–Kier alpha value is -2.76. The van der Waals surface area contributed by atoms with Crippen LogP contribution in [0.15, 0.2) is 36.4 Å². The minimum Gasteiger partial charge on any atom is -0.384 e. The number of anilines is 2. The normalized spacial score (nSPS) is 10.8. The van der Waals surface area contributed by atoms with Gasteiger partial charge < -0.3 is 11.5 Å². The fourth-order valence-electron chi connectivity index (χ4n) is 1.87. The van der Waals surface area contributed by atoms with Gasteiger partial charge in [-0.1, -0.05) is 0 Å². The maximum atomic E-state index is 13.0. The molecule has 3 aromatic rings. The number of nitrogens with two attached hydrogens (primary N) is 2. The summed E-state index contributed by atoms with van der Waals surface area (Å²) in [5.41, 5.74) is 13.1. The third-order valence-electron chi connectivity index (χ3n) is 2.72. The molecule has 2 heterocycles. The van der Waals surface area contributed by atoms with Crippen LogP contribution in [0.2, 0.25) is 0 Å². The standard InChI is InChI=1S/C13H10FN5/c14-8-3-1-7(2-4-8)11-9-5-6-10(15)17-12(9)19-13(16)18-11/h1-6H,(H4,15,16,17,18,19). The summed E-state index contributed by atoms with van der Waals surface area (Å²) in [6.07, 6.45) is 0. The molecule has 0 radical (unpaired) electrons. The Morgan fingerprint density at radius 1 is 0.842 bits per heavy atom. The first-order valence-corrected chi connectivity index (χ1v) is 5.59. The summed E-state index contributed by atoms with van der Waals surface area (Å²) < 4.78 is 13.0. The van der Waals surface area contributed by atoms with E-state index in [1.807, 2.05) is 0 Å². The molecule has 0 aliphatic rings. The van der Waals surface area contributed by atoms with Crippen molar-refractivity contribution in [2.45, 2.75) is 0 Å². The number of hydrogen-bond acceptors (Lipinski definition) is 5. The molecule has 0 aliphatic carbocycles. The van der Waals surface area contributed by atoms with Crippen molar-refractivity contribution in [1.82, 2.24) is 15.0 Å². The molecule has 1 aromatic carbocycles. The Balaban J connectivity index is 2.30. The Morgan fingerprint density at radius 3 is 2.32 bits per heavy atom. The molecule has 19 heavy (non-hydrogen) atoms. The summed E-state index contributed by atoms with van der Waals surface area (Å²) in [5.74, 6) is 0.151. The molecule has 3 rings (SSSR count). The van der Waals surface area contributed by atoms with E-state index in [-0.39, 0.29) is 11.8 Å². The lowest BCUT2D eigenvalue weighted by Gasteiger charge is -2.06. The van der Waals surface area contributed by atoms with Crippen LogP contribution in [0.5, 0.6) is 0 Å². The lowest BCUT2D eigenvalue weighted by molar-refractivity contribution is 0.628. The Bertz CT molecular complexity index is 750. The molecule has 0 aliphatic heterocycles. The molecule has 2 aromatic heterocycles. The molecule has 0 fully saturated rings. The van der Waals surface area contributed by atoms with Gasteiger partial charge in [0.2, 0.25) is 5.95 Å². The van der Waals surface area contributed by atoms with E-state index in [0.717, 1.165) is 10.9 Å². The van der Waals surface area contributed by atoms with Crippen LogP contribution in [-0.4, -0.2) is 15.0 Å². The number of aromatic nitrogens is 3.